The van der Waals surface area contributed by atoms with Crippen LogP contribution in [0.5, 0.6) is 5.75 Å². The van der Waals surface area contributed by atoms with E-state index in [1.165, 1.54) is 4.80 Å². The van der Waals surface area contributed by atoms with Crippen LogP contribution in [0.3, 0.4) is 0 Å². The first-order chi connectivity index (χ1) is 11.6. The van der Waals surface area contributed by atoms with Gasteiger partial charge in [0, 0.05) is 17.5 Å². The van der Waals surface area contributed by atoms with Gasteiger partial charge in [-0.1, -0.05) is 24.2 Å². The monoisotopic (exact) mass is 343 g/mol. The standard InChI is InChI=1S/C17H14ClN3O3/c1-2-17(23)24-8-7-11-3-6-16(22)15(9-11)21-19-13-5-4-12(18)10-14(13)20-21/h2-6,9-10,22H,1,7-8H2. The Kier molecular flexibility index (Phi) is 4.48. The fraction of sp³-hybridized carbons (Fsp3) is 0.118. The van der Waals surface area contributed by atoms with Crippen LogP contribution in [0, 0.1) is 0 Å². The van der Waals surface area contributed by atoms with Gasteiger partial charge in [-0.25, -0.2) is 4.79 Å². The molecular formula is C17H14ClN3O3. The minimum absolute atomic E-state index is 0.0493. The van der Waals surface area contributed by atoms with Gasteiger partial charge < -0.3 is 9.84 Å². The lowest BCUT2D eigenvalue weighted by Crippen LogP contribution is -2.05. The van der Waals surface area contributed by atoms with E-state index in [1.54, 1.807) is 36.4 Å². The van der Waals surface area contributed by atoms with Crippen molar-refractivity contribution in [2.75, 3.05) is 6.61 Å². The maximum absolute atomic E-state index is 11.1. The predicted molar refractivity (Wildman–Crippen MR) is 90.4 cm³/mol. The highest BCUT2D eigenvalue weighted by atomic mass is 35.5. The number of ether oxygens (including phenoxy) is 1. The number of fused-ring (bicyclic) bond motifs is 1. The molecule has 0 spiro atoms. The van der Waals surface area contributed by atoms with Gasteiger partial charge in [-0.15, -0.1) is 15.0 Å². The molecule has 122 valence electrons. The van der Waals surface area contributed by atoms with E-state index in [9.17, 15) is 9.90 Å². The molecule has 0 unspecified atom stereocenters. The highest BCUT2D eigenvalue weighted by Gasteiger charge is 2.10. The maximum atomic E-state index is 11.1. The van der Waals surface area contributed by atoms with Crippen molar-refractivity contribution >= 4 is 28.6 Å². The van der Waals surface area contributed by atoms with Gasteiger partial charge in [0.2, 0.25) is 0 Å². The summed E-state index contributed by atoms with van der Waals surface area (Å²) < 4.78 is 4.96. The topological polar surface area (TPSA) is 77.2 Å². The van der Waals surface area contributed by atoms with Crippen molar-refractivity contribution < 1.29 is 14.6 Å². The van der Waals surface area contributed by atoms with Crippen LogP contribution in [0.15, 0.2) is 49.1 Å². The maximum Gasteiger partial charge on any atom is 0.330 e. The van der Waals surface area contributed by atoms with Crippen molar-refractivity contribution in [3.05, 3.63) is 59.6 Å². The predicted octanol–water partition coefficient (Wildman–Crippen LogP) is 3.05. The number of nitrogens with zero attached hydrogens (tertiary/aromatic N) is 3. The van der Waals surface area contributed by atoms with Gasteiger partial charge in [0.05, 0.1) is 6.61 Å². The number of esters is 1. The van der Waals surface area contributed by atoms with Crippen molar-refractivity contribution in [3.63, 3.8) is 0 Å². The smallest absolute Gasteiger partial charge is 0.330 e. The normalized spacial score (nSPS) is 10.7. The Balaban J connectivity index is 1.87. The summed E-state index contributed by atoms with van der Waals surface area (Å²) >= 11 is 5.95. The number of phenolic OH excluding ortho intramolecular Hbond substituents is 1. The third kappa shape index (κ3) is 3.38. The molecule has 1 heterocycles. The number of carbonyl (C=O) groups is 1. The average molecular weight is 344 g/mol. The number of benzene rings is 2. The van der Waals surface area contributed by atoms with E-state index in [1.807, 2.05) is 0 Å². The van der Waals surface area contributed by atoms with Crippen LogP contribution in [0.1, 0.15) is 5.56 Å². The molecule has 2 aromatic carbocycles. The highest BCUT2D eigenvalue weighted by molar-refractivity contribution is 6.31. The summed E-state index contributed by atoms with van der Waals surface area (Å²) in [6, 6.07) is 10.2. The number of aromatic hydroxyl groups is 1. The molecular weight excluding hydrogens is 330 g/mol. The summed E-state index contributed by atoms with van der Waals surface area (Å²) in [6.45, 7) is 3.56. The molecule has 0 atom stereocenters. The second kappa shape index (κ2) is 6.72. The number of aromatic nitrogens is 3. The number of hydrogen-bond donors (Lipinski definition) is 1. The summed E-state index contributed by atoms with van der Waals surface area (Å²) in [4.78, 5) is 12.4. The van der Waals surface area contributed by atoms with Gasteiger partial charge in [-0.05, 0) is 35.9 Å². The lowest BCUT2D eigenvalue weighted by atomic mass is 10.1. The molecule has 0 bridgehead atoms. The molecule has 0 fully saturated rings. The Morgan fingerprint density at radius 2 is 2.04 bits per heavy atom. The summed E-state index contributed by atoms with van der Waals surface area (Å²) in [7, 11) is 0. The average Bonchev–Trinajstić information content (AvgIpc) is 2.98. The molecule has 3 rings (SSSR count). The first-order valence-corrected chi connectivity index (χ1v) is 7.58. The summed E-state index contributed by atoms with van der Waals surface area (Å²) in [5.41, 5.74) is 2.62. The lowest BCUT2D eigenvalue weighted by molar-refractivity contribution is -0.137. The van der Waals surface area contributed by atoms with E-state index < -0.39 is 5.97 Å². The fourth-order valence-electron chi connectivity index (χ4n) is 2.21. The van der Waals surface area contributed by atoms with Gasteiger partial charge in [-0.2, -0.15) is 0 Å². The van der Waals surface area contributed by atoms with Gasteiger partial charge in [-0.3, -0.25) is 0 Å². The largest absolute Gasteiger partial charge is 0.506 e. The Morgan fingerprint density at radius 3 is 2.83 bits per heavy atom. The van der Waals surface area contributed by atoms with E-state index in [2.05, 4.69) is 16.8 Å². The van der Waals surface area contributed by atoms with E-state index in [-0.39, 0.29) is 12.4 Å². The van der Waals surface area contributed by atoms with E-state index in [0.29, 0.717) is 28.2 Å². The SMILES string of the molecule is C=CC(=O)OCCc1ccc(O)c(-n2nc3ccc(Cl)cc3n2)c1. The Labute approximate surface area is 142 Å². The van der Waals surface area contributed by atoms with Crippen LogP contribution in [0.25, 0.3) is 16.7 Å². The van der Waals surface area contributed by atoms with Crippen molar-refractivity contribution in [1.82, 2.24) is 15.0 Å². The first kappa shape index (κ1) is 16.0. The molecule has 24 heavy (non-hydrogen) atoms. The molecule has 0 amide bonds. The Bertz CT molecular complexity index is 921. The zero-order valence-corrected chi connectivity index (χ0v) is 13.4. The van der Waals surface area contributed by atoms with Crippen molar-refractivity contribution in [1.29, 1.82) is 0 Å². The minimum atomic E-state index is -0.467. The van der Waals surface area contributed by atoms with Crippen molar-refractivity contribution in [3.8, 4) is 11.4 Å². The molecule has 1 aromatic heterocycles. The summed E-state index contributed by atoms with van der Waals surface area (Å²) in [6.07, 6.45) is 1.62. The van der Waals surface area contributed by atoms with Crippen LogP contribution in [-0.4, -0.2) is 32.7 Å². The van der Waals surface area contributed by atoms with Gasteiger partial charge in [0.25, 0.3) is 0 Å². The third-order valence-corrected chi connectivity index (χ3v) is 3.63. The van der Waals surface area contributed by atoms with Crippen LogP contribution in [-0.2, 0) is 16.0 Å². The molecule has 0 aliphatic heterocycles. The van der Waals surface area contributed by atoms with Crippen molar-refractivity contribution in [2.24, 2.45) is 0 Å². The van der Waals surface area contributed by atoms with Crippen LogP contribution in [0.4, 0.5) is 0 Å². The molecule has 1 N–H and O–H groups in total. The molecule has 0 saturated heterocycles. The number of hydrogen-bond acceptors (Lipinski definition) is 5. The van der Waals surface area contributed by atoms with E-state index >= 15 is 0 Å². The van der Waals surface area contributed by atoms with Crippen LogP contribution < -0.4 is 0 Å². The van der Waals surface area contributed by atoms with Gasteiger partial charge in [0.15, 0.2) is 0 Å². The minimum Gasteiger partial charge on any atom is -0.506 e. The molecule has 0 aliphatic rings. The van der Waals surface area contributed by atoms with Crippen LogP contribution in [0.2, 0.25) is 5.02 Å². The van der Waals surface area contributed by atoms with Gasteiger partial charge in [0.1, 0.15) is 22.5 Å². The molecule has 3 aromatic rings. The second-order valence-electron chi connectivity index (χ2n) is 5.07. The molecule has 7 heteroatoms. The first-order valence-electron chi connectivity index (χ1n) is 7.21. The second-order valence-corrected chi connectivity index (χ2v) is 5.50. The highest BCUT2D eigenvalue weighted by Crippen LogP contribution is 2.24. The van der Waals surface area contributed by atoms with E-state index in [0.717, 1.165) is 11.6 Å². The lowest BCUT2D eigenvalue weighted by Gasteiger charge is -2.07. The molecule has 0 saturated carbocycles. The number of halogens is 1. The van der Waals surface area contributed by atoms with Crippen LogP contribution >= 0.6 is 11.6 Å². The number of rotatable bonds is 5. The van der Waals surface area contributed by atoms with Crippen molar-refractivity contribution in [2.45, 2.75) is 6.42 Å². The third-order valence-electron chi connectivity index (χ3n) is 3.40. The molecule has 0 radical (unpaired) electrons. The fourth-order valence-corrected chi connectivity index (χ4v) is 2.37. The zero-order valence-electron chi connectivity index (χ0n) is 12.6. The number of carbonyl (C=O) groups excluding carboxylic acids is 1. The quantitative estimate of drug-likeness (QED) is 0.569. The zero-order chi connectivity index (χ0) is 17.1. The van der Waals surface area contributed by atoms with E-state index in [4.69, 9.17) is 16.3 Å². The molecule has 6 nitrogen and oxygen atoms in total. The Hall–Kier alpha value is -2.86. The number of phenols is 1. The molecule has 0 aliphatic carbocycles. The summed E-state index contributed by atoms with van der Waals surface area (Å²) in [5.74, 6) is -0.417. The van der Waals surface area contributed by atoms with Gasteiger partial charge >= 0.3 is 5.97 Å². The summed E-state index contributed by atoms with van der Waals surface area (Å²) in [5, 5.41) is 19.3. The Morgan fingerprint density at radius 1 is 1.25 bits per heavy atom.